The monoisotopic (exact) mass is 300 g/mol. The number of nitro groups is 1. The second kappa shape index (κ2) is 5.59. The summed E-state index contributed by atoms with van der Waals surface area (Å²) < 4.78 is 0.122. The summed E-state index contributed by atoms with van der Waals surface area (Å²) in [6, 6.07) is 5.27. The third-order valence-electron chi connectivity index (χ3n) is 3.16. The van der Waals surface area contributed by atoms with Crippen molar-refractivity contribution >= 4 is 34.7 Å². The van der Waals surface area contributed by atoms with Crippen LogP contribution >= 0.6 is 23.4 Å². The average molecular weight is 301 g/mol. The van der Waals surface area contributed by atoms with E-state index in [0.29, 0.717) is 11.6 Å². The second-order valence-corrected chi connectivity index (χ2v) is 7.31. The molecule has 0 atom stereocenters. The standard InChI is InChI=1S/C13H17ClN2O2S/c1-13(2)9-15(5-6-19-13)11-4-3-10(8-14)7-12(11)16(17)18/h3-4,7H,5-6,8-9H2,1-2H3. The normalized spacial score (nSPS) is 18.4. The van der Waals surface area contributed by atoms with Crippen molar-refractivity contribution < 1.29 is 4.92 Å². The van der Waals surface area contributed by atoms with Crippen LogP contribution in [-0.4, -0.2) is 28.5 Å². The molecule has 6 heteroatoms. The third-order valence-corrected chi connectivity index (χ3v) is 4.76. The summed E-state index contributed by atoms with van der Waals surface area (Å²) in [6.45, 7) is 6.00. The molecule has 1 heterocycles. The van der Waals surface area contributed by atoms with Crippen molar-refractivity contribution in [2.75, 3.05) is 23.7 Å². The quantitative estimate of drug-likeness (QED) is 0.485. The van der Waals surface area contributed by atoms with Gasteiger partial charge in [-0.3, -0.25) is 10.1 Å². The zero-order chi connectivity index (χ0) is 14.0. The van der Waals surface area contributed by atoms with Gasteiger partial charge in [-0.2, -0.15) is 11.8 Å². The Labute approximate surface area is 122 Å². The van der Waals surface area contributed by atoms with Crippen molar-refractivity contribution in [3.63, 3.8) is 0 Å². The van der Waals surface area contributed by atoms with E-state index in [1.54, 1.807) is 6.07 Å². The Bertz CT molecular complexity index is 494. The Morgan fingerprint density at radius 3 is 2.84 bits per heavy atom. The number of hydrogen-bond acceptors (Lipinski definition) is 4. The number of nitro benzene ring substituents is 1. The molecule has 19 heavy (non-hydrogen) atoms. The van der Waals surface area contributed by atoms with Crippen molar-refractivity contribution in [3.05, 3.63) is 33.9 Å². The summed E-state index contributed by atoms with van der Waals surface area (Å²) in [6.07, 6.45) is 0. The highest BCUT2D eigenvalue weighted by Gasteiger charge is 2.30. The summed E-state index contributed by atoms with van der Waals surface area (Å²) in [5, 5.41) is 11.2. The van der Waals surface area contributed by atoms with Crippen LogP contribution in [0, 0.1) is 10.1 Å². The van der Waals surface area contributed by atoms with Crippen LogP contribution < -0.4 is 4.90 Å². The van der Waals surface area contributed by atoms with Crippen LogP contribution in [0.3, 0.4) is 0 Å². The maximum absolute atomic E-state index is 11.2. The number of hydrogen-bond donors (Lipinski definition) is 0. The number of alkyl halides is 1. The molecule has 0 N–H and O–H groups in total. The van der Waals surface area contributed by atoms with E-state index < -0.39 is 0 Å². The Morgan fingerprint density at radius 1 is 1.53 bits per heavy atom. The zero-order valence-corrected chi connectivity index (χ0v) is 12.6. The number of benzene rings is 1. The minimum atomic E-state index is -0.319. The molecule has 1 saturated heterocycles. The van der Waals surface area contributed by atoms with E-state index in [4.69, 9.17) is 11.6 Å². The lowest BCUT2D eigenvalue weighted by molar-refractivity contribution is -0.384. The lowest BCUT2D eigenvalue weighted by Gasteiger charge is -2.38. The first-order valence-corrected chi connectivity index (χ1v) is 7.67. The Balaban J connectivity index is 2.35. The average Bonchev–Trinajstić information content (AvgIpc) is 2.36. The minimum absolute atomic E-state index is 0.122. The molecule has 0 radical (unpaired) electrons. The molecule has 0 spiro atoms. The van der Waals surface area contributed by atoms with Crippen molar-refractivity contribution in [1.29, 1.82) is 0 Å². The molecule has 2 rings (SSSR count). The molecule has 1 aliphatic heterocycles. The van der Waals surface area contributed by atoms with E-state index in [1.165, 1.54) is 0 Å². The van der Waals surface area contributed by atoms with E-state index in [0.717, 1.165) is 24.4 Å². The topological polar surface area (TPSA) is 46.4 Å². The van der Waals surface area contributed by atoms with Crippen molar-refractivity contribution in [2.24, 2.45) is 0 Å². The van der Waals surface area contributed by atoms with Gasteiger partial charge in [0.25, 0.3) is 5.69 Å². The Kier molecular flexibility index (Phi) is 4.26. The summed E-state index contributed by atoms with van der Waals surface area (Å²) >= 11 is 7.66. The van der Waals surface area contributed by atoms with Gasteiger partial charge in [-0.1, -0.05) is 6.07 Å². The van der Waals surface area contributed by atoms with Crippen LogP contribution in [0.25, 0.3) is 0 Å². The SMILES string of the molecule is CC1(C)CN(c2ccc(CCl)cc2[N+](=O)[O-])CCS1. The first kappa shape index (κ1) is 14.5. The van der Waals surface area contributed by atoms with Crippen molar-refractivity contribution in [2.45, 2.75) is 24.5 Å². The molecule has 1 fully saturated rings. The number of anilines is 1. The van der Waals surface area contributed by atoms with E-state index >= 15 is 0 Å². The molecule has 0 aromatic heterocycles. The molecule has 0 aliphatic carbocycles. The predicted octanol–water partition coefficient (Wildman–Crippen LogP) is 3.67. The highest BCUT2D eigenvalue weighted by molar-refractivity contribution is 8.00. The van der Waals surface area contributed by atoms with Gasteiger partial charge in [0.1, 0.15) is 5.69 Å². The molecule has 0 bridgehead atoms. The summed E-state index contributed by atoms with van der Waals surface area (Å²) in [4.78, 5) is 13.0. The fraction of sp³-hybridized carbons (Fsp3) is 0.538. The van der Waals surface area contributed by atoms with Gasteiger partial charge >= 0.3 is 0 Å². The van der Waals surface area contributed by atoms with Crippen LogP contribution in [0.4, 0.5) is 11.4 Å². The van der Waals surface area contributed by atoms with Gasteiger partial charge in [0, 0.05) is 35.5 Å². The summed E-state index contributed by atoms with van der Waals surface area (Å²) in [5.41, 5.74) is 1.64. The van der Waals surface area contributed by atoms with Gasteiger partial charge in [0.15, 0.2) is 0 Å². The third kappa shape index (κ3) is 3.34. The van der Waals surface area contributed by atoms with Gasteiger partial charge in [0.2, 0.25) is 0 Å². The minimum Gasteiger partial charge on any atom is -0.364 e. The molecule has 1 aromatic carbocycles. The smallest absolute Gasteiger partial charge is 0.292 e. The highest BCUT2D eigenvalue weighted by Crippen LogP contribution is 2.36. The fourth-order valence-electron chi connectivity index (χ4n) is 2.29. The maximum Gasteiger partial charge on any atom is 0.292 e. The number of thioether (sulfide) groups is 1. The van der Waals surface area contributed by atoms with Crippen LogP contribution in [-0.2, 0) is 5.88 Å². The molecule has 0 amide bonds. The van der Waals surface area contributed by atoms with Gasteiger partial charge in [0.05, 0.1) is 4.92 Å². The first-order chi connectivity index (χ1) is 8.93. The van der Waals surface area contributed by atoms with Crippen molar-refractivity contribution in [1.82, 2.24) is 0 Å². The highest BCUT2D eigenvalue weighted by atomic mass is 35.5. The van der Waals surface area contributed by atoms with Crippen LogP contribution in [0.2, 0.25) is 0 Å². The van der Waals surface area contributed by atoms with E-state index in [9.17, 15) is 10.1 Å². The second-order valence-electron chi connectivity index (χ2n) is 5.24. The van der Waals surface area contributed by atoms with Crippen LogP contribution in [0.15, 0.2) is 18.2 Å². The van der Waals surface area contributed by atoms with Gasteiger partial charge in [-0.15, -0.1) is 11.6 Å². The molecule has 104 valence electrons. The zero-order valence-electron chi connectivity index (χ0n) is 11.1. The van der Waals surface area contributed by atoms with Crippen molar-refractivity contribution in [3.8, 4) is 0 Å². The van der Waals surface area contributed by atoms with Gasteiger partial charge in [-0.25, -0.2) is 0 Å². The molecule has 1 aliphatic rings. The molecular formula is C13H17ClN2O2S. The fourth-order valence-corrected chi connectivity index (χ4v) is 3.57. The molecule has 1 aromatic rings. The molecule has 0 unspecified atom stereocenters. The largest absolute Gasteiger partial charge is 0.364 e. The molecule has 4 nitrogen and oxygen atoms in total. The number of rotatable bonds is 3. The maximum atomic E-state index is 11.2. The molecular weight excluding hydrogens is 284 g/mol. The van der Waals surface area contributed by atoms with E-state index in [2.05, 4.69) is 18.7 Å². The predicted molar refractivity (Wildman–Crippen MR) is 81.4 cm³/mol. The lowest BCUT2D eigenvalue weighted by atomic mass is 10.1. The lowest BCUT2D eigenvalue weighted by Crippen LogP contribution is -2.43. The van der Waals surface area contributed by atoms with Gasteiger partial charge in [-0.05, 0) is 25.5 Å². The van der Waals surface area contributed by atoms with E-state index in [1.807, 2.05) is 23.9 Å². The number of nitrogens with zero attached hydrogens (tertiary/aromatic N) is 2. The molecule has 0 saturated carbocycles. The van der Waals surface area contributed by atoms with Gasteiger partial charge < -0.3 is 4.90 Å². The first-order valence-electron chi connectivity index (χ1n) is 6.15. The number of halogens is 1. The Hall–Kier alpha value is -0.940. The van der Waals surface area contributed by atoms with E-state index in [-0.39, 0.29) is 15.4 Å². The Morgan fingerprint density at radius 2 is 2.26 bits per heavy atom. The summed E-state index contributed by atoms with van der Waals surface area (Å²) in [7, 11) is 0. The van der Waals surface area contributed by atoms with Crippen LogP contribution in [0.5, 0.6) is 0 Å². The van der Waals surface area contributed by atoms with Crippen LogP contribution in [0.1, 0.15) is 19.4 Å². The summed E-state index contributed by atoms with van der Waals surface area (Å²) in [5.74, 6) is 1.28.